The number of esters is 1. The summed E-state index contributed by atoms with van der Waals surface area (Å²) in [6.45, 7) is 36.7. The Hall–Kier alpha value is -3.56. The number of benzene rings is 6. The Labute approximate surface area is 743 Å². The first-order chi connectivity index (χ1) is 57.0. The van der Waals surface area contributed by atoms with Crippen LogP contribution < -0.4 is 0 Å². The fourth-order valence-corrected chi connectivity index (χ4v) is 20.1. The van der Waals surface area contributed by atoms with E-state index in [1.54, 1.807) is 36.4 Å². The van der Waals surface area contributed by atoms with Crippen molar-refractivity contribution in [2.24, 2.45) is 0 Å². The second kappa shape index (κ2) is 49.1. The van der Waals surface area contributed by atoms with E-state index in [1.165, 1.54) is 73.5 Å². The predicted octanol–water partition coefficient (Wildman–Crippen LogP) is 18.6. The smallest absolute Gasteiger partial charge is 0.455 e. The molecular weight excluding hydrogens is 1750 g/mol. The van der Waals surface area contributed by atoms with Gasteiger partial charge in [0.2, 0.25) is 5.79 Å². The molecule has 0 bridgehead atoms. The average molecular weight is 1890 g/mol. The summed E-state index contributed by atoms with van der Waals surface area (Å²) in [6, 6.07) is 45.2. The molecule has 120 heavy (non-hydrogen) atoms. The van der Waals surface area contributed by atoms with Gasteiger partial charge in [-0.1, -0.05) is 181 Å². The molecule has 3 heterocycles. The van der Waals surface area contributed by atoms with E-state index in [2.05, 4.69) is 194 Å². The molecule has 3 aliphatic heterocycles. The van der Waals surface area contributed by atoms with Crippen LogP contribution in [0.5, 0.6) is 0 Å². The SMILES string of the molecule is CCOCC.CO[C@@]1(c2ccc(Cl)c(Cc3ccc(C4CC4)cc3)c2)O[C@H](CO)[C@@H](O)[C@H](O)[C@H]1O.C[Si](C)(C)OC[C@H]1OC(=O)[C@H](O[Si](C)(C)C)[C@@H](O[Si](C)(C)C)[C@@H]1O[Si](C)(C)C.Clc1ccc(Br)cc1Cc1ccc(C2CC2)cc1.FB(F)F.[2H][C@@]1(c2ccc(Cl)c(Cc3ccc(C4CC4)cc3)c2)O[C@H](CO)[C@@H](O)[C@H](O)[C@H]1O.[2H][Si](CC)(CC)CC. The zero-order valence-electron chi connectivity index (χ0n) is 75.2. The lowest BCUT2D eigenvalue weighted by atomic mass is 9.87. The van der Waals surface area contributed by atoms with Crippen molar-refractivity contribution < 1.29 is 101 Å². The largest absolute Gasteiger partial charge is 0.762 e. The fourth-order valence-electron chi connectivity index (χ4n) is 13.8. The number of hydrogen-bond donors (Lipinski definition) is 8. The quantitative estimate of drug-likeness (QED) is 0.0168. The molecule has 3 aliphatic carbocycles. The summed E-state index contributed by atoms with van der Waals surface area (Å²) < 4.78 is 99.4. The number of methoxy groups -OCH3 is 1. The molecule has 0 unspecified atom stereocenters. The molecule has 0 amide bonds. The molecule has 0 aromatic heterocycles. The summed E-state index contributed by atoms with van der Waals surface area (Å²) in [6.07, 6.45) is -6.03. The standard InChI is InChI=1S/C23H27ClO6.C22H25ClO5.C18H42O6Si4.C16H14BrCl.C6H16Si.C4H10O.BF3/c1-29-23(22(28)21(27)20(26)19(12-25)30-23)17-8-9-18(24)16(11-17)10-13-2-4-14(5-3-13)15-6-7-15;23-17-8-7-15(22-21(27)20(26)19(25)18(11-24)28-22)10-16(17)9-12-1-3-13(4-2-12)14-5-6-14;1-25(2,3)20-13-14-15(22-26(4,5)6)16(23-27(7,8)9)17(18(19)21-14)24-28(10,11)12;17-15-7-8-16(18)14(10-15)9-11-1-3-12(4-2-11)13-5-6-13;1-4-7(5-2)6-3;1-3-5-4-2;2-1(3)4/h2-5,8-9,11,15,19-22,25-28H,6-7,10,12H2,1H3;1-4,7-8,10,14,18-22,24-27H,5-6,9,11H2;14-17H,13H2,1-12H3;1-4,7-8,10,13H,5-6,9H2;7H,4-6H2,1-3H3;3-4H2,1-2H3;/t19-,20-,21+,22-,23+;18-,19-,20+,21-,22+;14-,15-,16+,17-;;;;/m111..../s1/i;22D;;;7D;;. The second-order valence-corrected chi connectivity index (χ2v) is 58.6. The van der Waals surface area contributed by atoms with Gasteiger partial charge in [-0.25, -0.2) is 4.79 Å². The highest BCUT2D eigenvalue weighted by atomic mass is 79.9. The predicted molar refractivity (Wildman–Crippen MR) is 491 cm³/mol. The van der Waals surface area contributed by atoms with E-state index in [0.717, 1.165) is 75.4 Å². The van der Waals surface area contributed by atoms with Crippen molar-refractivity contribution in [3.05, 3.63) is 208 Å². The maximum absolute atomic E-state index is 12.9. The van der Waals surface area contributed by atoms with Gasteiger partial charge in [0.1, 0.15) is 67.1 Å². The monoisotopic (exact) mass is 1880 g/mol. The van der Waals surface area contributed by atoms with E-state index in [0.29, 0.717) is 52.5 Å². The molecule has 14 atom stereocenters. The molecule has 3 saturated carbocycles. The van der Waals surface area contributed by atoms with E-state index in [1.807, 2.05) is 26.0 Å². The lowest BCUT2D eigenvalue weighted by Gasteiger charge is -2.47. The van der Waals surface area contributed by atoms with Gasteiger partial charge in [0.05, 0.1) is 21.2 Å². The third kappa shape index (κ3) is 34.2. The van der Waals surface area contributed by atoms with Crippen LogP contribution in [0.3, 0.4) is 0 Å². The summed E-state index contributed by atoms with van der Waals surface area (Å²) in [5.41, 5.74) is 11.1. The number of halogens is 7. The highest BCUT2D eigenvalue weighted by Crippen LogP contribution is 2.45. The first kappa shape index (κ1) is 102. The van der Waals surface area contributed by atoms with Gasteiger partial charge in [-0.2, -0.15) is 0 Å². The van der Waals surface area contributed by atoms with Crippen molar-refractivity contribution in [1.29, 1.82) is 1.23 Å². The lowest BCUT2D eigenvalue weighted by Crippen LogP contribution is -2.64. The molecule has 6 aromatic rings. The van der Waals surface area contributed by atoms with Crippen LogP contribution in [0.25, 0.3) is 0 Å². The number of aliphatic hydroxyl groups is 8. The Morgan fingerprint density at radius 2 is 0.908 bits per heavy atom. The summed E-state index contributed by atoms with van der Waals surface area (Å²) in [5.74, 6) is 0.101. The zero-order valence-corrected chi connectivity index (χ0v) is 82.0. The number of hydrogen-bond acceptors (Lipinski definition) is 18. The minimum atomic E-state index is -3.67. The Bertz CT molecular complexity index is 4140. The molecule has 670 valence electrons. The molecule has 31 heteroatoms. The van der Waals surface area contributed by atoms with E-state index in [9.17, 15) is 58.6 Å². The van der Waals surface area contributed by atoms with Crippen LogP contribution >= 0.6 is 50.7 Å². The number of carbonyl (C=O) groups excluding carboxylic acids is 1. The number of aliphatic hydroxyl groups excluding tert-OH is 8. The highest BCUT2D eigenvalue weighted by molar-refractivity contribution is 9.10. The van der Waals surface area contributed by atoms with Gasteiger partial charge in [-0.15, -0.1) is 0 Å². The van der Waals surface area contributed by atoms with Crippen molar-refractivity contribution >= 4 is 106 Å². The minimum absolute atomic E-state index is 0.295. The Morgan fingerprint density at radius 1 is 0.517 bits per heavy atom. The minimum Gasteiger partial charge on any atom is -0.455 e. The molecule has 12 rings (SSSR count). The lowest BCUT2D eigenvalue weighted by molar-refractivity contribution is -0.366. The Morgan fingerprint density at radius 3 is 1.28 bits per heavy atom. The number of cyclic esters (lactones) is 1. The highest BCUT2D eigenvalue weighted by Gasteiger charge is 2.56. The van der Waals surface area contributed by atoms with Gasteiger partial charge in [0.25, 0.3) is 0 Å². The first-order valence-electron chi connectivity index (χ1n) is 42.9. The normalized spacial score (nSPS) is 25.8. The Kier molecular flexibility index (Phi) is 41.7. The van der Waals surface area contributed by atoms with Crippen LogP contribution in [-0.4, -0.2) is 211 Å². The van der Waals surface area contributed by atoms with Crippen molar-refractivity contribution in [3.8, 4) is 0 Å². The molecule has 0 radical (unpaired) electrons. The van der Waals surface area contributed by atoms with Crippen molar-refractivity contribution in [1.82, 2.24) is 0 Å². The third-order valence-corrected chi connectivity index (χ3v) is 29.2. The molecule has 6 aliphatic rings. The van der Waals surface area contributed by atoms with Gasteiger partial charge in [-0.05, 0) is 260 Å². The molecular formula is C89H134BBrCl3F3O18Si5. The van der Waals surface area contributed by atoms with Crippen LogP contribution in [0.2, 0.25) is 112 Å². The summed E-state index contributed by atoms with van der Waals surface area (Å²) in [7, 11) is -11.4. The van der Waals surface area contributed by atoms with Crippen molar-refractivity contribution in [2.45, 2.75) is 292 Å². The molecule has 3 saturated heterocycles. The summed E-state index contributed by atoms with van der Waals surface area (Å²) in [5, 5.41) is 82.5. The van der Waals surface area contributed by atoms with E-state index in [-0.39, 0.29) is 12.1 Å². The molecule has 6 aromatic carbocycles. The zero-order chi connectivity index (χ0) is 91.2. The van der Waals surface area contributed by atoms with Gasteiger partial charge >= 0.3 is 13.5 Å². The van der Waals surface area contributed by atoms with Gasteiger partial charge in [0, 0.05) is 55.4 Å². The van der Waals surface area contributed by atoms with Gasteiger partial charge < -0.3 is 82.2 Å². The maximum Gasteiger partial charge on any atom is 0.762 e. The maximum atomic E-state index is 12.9. The van der Waals surface area contributed by atoms with Crippen molar-refractivity contribution in [2.75, 3.05) is 40.1 Å². The van der Waals surface area contributed by atoms with Crippen molar-refractivity contribution in [3.63, 3.8) is 0 Å². The molecule has 6 fully saturated rings. The topological polar surface area (TPSA) is 262 Å². The average Bonchev–Trinajstić information content (AvgIpc) is 0.998. The van der Waals surface area contributed by atoms with Gasteiger partial charge in [-0.3, -0.25) is 12.9 Å². The van der Waals surface area contributed by atoms with Gasteiger partial charge in [0.15, 0.2) is 45.5 Å². The molecule has 0 spiro atoms. The van der Waals surface area contributed by atoms with Crippen LogP contribution in [0.15, 0.2) is 132 Å². The number of carbonyl (C=O) groups is 1. The van der Waals surface area contributed by atoms with Crippen LogP contribution in [0.4, 0.5) is 12.9 Å². The third-order valence-electron chi connectivity index (χ3n) is 20.6. The van der Waals surface area contributed by atoms with E-state index in [4.69, 9.17) is 78.8 Å². The van der Waals surface area contributed by atoms with Crippen LogP contribution in [0, 0.1) is 0 Å². The summed E-state index contributed by atoms with van der Waals surface area (Å²) >= 11 is 22.5. The number of rotatable bonds is 28. The Balaban J connectivity index is 0.000000238. The van der Waals surface area contributed by atoms with Crippen LogP contribution in [0.1, 0.15) is 160 Å². The van der Waals surface area contributed by atoms with E-state index < -0.39 is 142 Å². The summed E-state index contributed by atoms with van der Waals surface area (Å²) in [4.78, 5) is 12.9. The fraction of sp³-hybridized carbons (Fsp3) is 0.584. The number of ether oxygens (including phenoxy) is 5. The molecule has 18 nitrogen and oxygen atoms in total. The van der Waals surface area contributed by atoms with Crippen LogP contribution in [-0.2, 0) is 71.2 Å². The first-order valence-corrected chi connectivity index (χ1v) is 59.6. The molecule has 8 N–H and O–H groups in total. The van der Waals surface area contributed by atoms with E-state index >= 15 is 0 Å². The second-order valence-electron chi connectivity index (χ2n) is 35.0.